The molecule has 0 atom stereocenters. The minimum absolute atomic E-state index is 0.00308. The third kappa shape index (κ3) is 3.46. The van der Waals surface area contributed by atoms with E-state index < -0.39 is 16.6 Å². The van der Waals surface area contributed by atoms with Gasteiger partial charge in [-0.2, -0.15) is 0 Å². The van der Waals surface area contributed by atoms with Gasteiger partial charge in [0.25, 0.3) is 11.6 Å². The second-order valence-electron chi connectivity index (χ2n) is 5.28. The first-order valence-electron chi connectivity index (χ1n) is 7.07. The number of nitrogens with one attached hydrogen (secondary N) is 2. The number of halogens is 2. The molecular formula is C16H9Br2N3O5. The third-order valence-electron chi connectivity index (χ3n) is 3.55. The Morgan fingerprint density at radius 3 is 2.38 bits per heavy atom. The van der Waals surface area contributed by atoms with E-state index in [1.165, 1.54) is 30.3 Å². The number of fused-ring (bicyclic) bond motifs is 1. The fourth-order valence-electron chi connectivity index (χ4n) is 2.27. The van der Waals surface area contributed by atoms with Gasteiger partial charge in [0.2, 0.25) is 0 Å². The monoisotopic (exact) mass is 481 g/mol. The summed E-state index contributed by atoms with van der Waals surface area (Å²) < 4.78 is 0.652. The Kier molecular flexibility index (Phi) is 4.79. The van der Waals surface area contributed by atoms with Crippen LogP contribution in [-0.2, 0) is 4.79 Å². The molecule has 0 saturated carbocycles. The van der Waals surface area contributed by atoms with Crippen LogP contribution in [0.1, 0.15) is 10.4 Å². The van der Waals surface area contributed by atoms with Crippen molar-refractivity contribution < 1.29 is 19.6 Å². The molecule has 1 heterocycles. The molecule has 132 valence electrons. The zero-order valence-electron chi connectivity index (χ0n) is 12.7. The number of hydrogen-bond donors (Lipinski definition) is 3. The van der Waals surface area contributed by atoms with E-state index in [9.17, 15) is 24.8 Å². The summed E-state index contributed by atoms with van der Waals surface area (Å²) in [7, 11) is 0. The van der Waals surface area contributed by atoms with Gasteiger partial charge >= 0.3 is 0 Å². The molecule has 26 heavy (non-hydrogen) atoms. The Labute approximate surface area is 163 Å². The summed E-state index contributed by atoms with van der Waals surface area (Å²) in [6, 6.07) is 6.82. The summed E-state index contributed by atoms with van der Waals surface area (Å²) in [5.41, 5.74) is 0.772. The highest BCUT2D eigenvalue weighted by atomic mass is 79.9. The number of aromatic hydroxyl groups is 1. The predicted molar refractivity (Wildman–Crippen MR) is 101 cm³/mol. The minimum Gasteiger partial charge on any atom is -0.506 e. The summed E-state index contributed by atoms with van der Waals surface area (Å²) in [5.74, 6) is -1.10. The lowest BCUT2D eigenvalue weighted by Crippen LogP contribution is -2.26. The van der Waals surface area contributed by atoms with Crippen LogP contribution in [0.4, 0.5) is 17.1 Å². The van der Waals surface area contributed by atoms with Gasteiger partial charge in [0, 0.05) is 23.8 Å². The van der Waals surface area contributed by atoms with E-state index in [2.05, 4.69) is 42.5 Å². The first-order valence-corrected chi connectivity index (χ1v) is 8.65. The number of nitro groups is 1. The number of nitro benzene ring substituents is 1. The van der Waals surface area contributed by atoms with Crippen LogP contribution in [0.2, 0.25) is 0 Å². The van der Waals surface area contributed by atoms with Gasteiger partial charge in [-0.3, -0.25) is 19.7 Å². The number of phenolic OH excluding ortho intramolecular Hbond substituents is 1. The van der Waals surface area contributed by atoms with Gasteiger partial charge < -0.3 is 15.7 Å². The molecule has 2 aromatic carbocycles. The number of rotatable bonds is 3. The number of ketones is 1. The molecule has 3 N–H and O–H groups in total. The molecule has 0 saturated heterocycles. The van der Waals surface area contributed by atoms with Crippen molar-refractivity contribution in [2.24, 2.45) is 0 Å². The normalized spacial score (nSPS) is 14.4. The molecule has 0 unspecified atom stereocenters. The van der Waals surface area contributed by atoms with Crippen molar-refractivity contribution in [3.63, 3.8) is 0 Å². The van der Waals surface area contributed by atoms with Crippen LogP contribution in [0.25, 0.3) is 0 Å². The molecule has 1 amide bonds. The van der Waals surface area contributed by atoms with Gasteiger partial charge in [-0.25, -0.2) is 0 Å². The molecule has 10 heteroatoms. The van der Waals surface area contributed by atoms with Crippen LogP contribution in [0.5, 0.6) is 5.75 Å². The van der Waals surface area contributed by atoms with E-state index >= 15 is 0 Å². The van der Waals surface area contributed by atoms with Crippen molar-refractivity contribution in [1.82, 2.24) is 0 Å². The number of allylic oxidation sites excluding steroid dienone is 1. The molecule has 8 nitrogen and oxygen atoms in total. The zero-order chi connectivity index (χ0) is 19.0. The van der Waals surface area contributed by atoms with Crippen molar-refractivity contribution in [3.05, 3.63) is 66.7 Å². The molecule has 3 rings (SSSR count). The summed E-state index contributed by atoms with van der Waals surface area (Å²) in [4.78, 5) is 34.8. The Balaban J connectivity index is 1.91. The standard InChI is InChI=1S/C16H9Br2N3O5/c17-9-3-7(4-10(18)15(9)23)14(22)6-13-16(24)20-12-5-8(21(25)26)1-2-11(12)19-13/h1-6,19,23H,(H,20,24)/b13-6-. The molecule has 1 aliphatic rings. The van der Waals surface area contributed by atoms with Crippen LogP contribution in [0, 0.1) is 10.1 Å². The zero-order valence-corrected chi connectivity index (χ0v) is 15.9. The lowest BCUT2D eigenvalue weighted by Gasteiger charge is -2.20. The summed E-state index contributed by atoms with van der Waals surface area (Å²) >= 11 is 6.28. The maximum absolute atomic E-state index is 12.4. The number of benzene rings is 2. The number of non-ortho nitro benzene ring substituents is 1. The van der Waals surface area contributed by atoms with Crippen LogP contribution < -0.4 is 10.6 Å². The molecule has 0 radical (unpaired) electrons. The van der Waals surface area contributed by atoms with Crippen molar-refractivity contribution in [2.45, 2.75) is 0 Å². The molecule has 0 fully saturated rings. The van der Waals surface area contributed by atoms with E-state index in [1.54, 1.807) is 0 Å². The first-order chi connectivity index (χ1) is 12.3. The second kappa shape index (κ2) is 6.89. The Morgan fingerprint density at radius 2 is 1.77 bits per heavy atom. The van der Waals surface area contributed by atoms with Crippen LogP contribution >= 0.6 is 31.9 Å². The van der Waals surface area contributed by atoms with Gasteiger partial charge in [-0.05, 0) is 50.1 Å². The number of carbonyl (C=O) groups is 2. The quantitative estimate of drug-likeness (QED) is 0.263. The smallest absolute Gasteiger partial charge is 0.272 e. The van der Waals surface area contributed by atoms with Gasteiger partial charge in [0.05, 0.1) is 25.2 Å². The number of anilines is 2. The second-order valence-corrected chi connectivity index (χ2v) is 6.99. The molecule has 1 aliphatic heterocycles. The maximum Gasteiger partial charge on any atom is 0.272 e. The van der Waals surface area contributed by atoms with Crippen LogP contribution in [0.15, 0.2) is 51.1 Å². The third-order valence-corrected chi connectivity index (χ3v) is 4.76. The van der Waals surface area contributed by atoms with E-state index in [-0.39, 0.29) is 28.4 Å². The molecule has 2 aromatic rings. The van der Waals surface area contributed by atoms with Crippen molar-refractivity contribution in [3.8, 4) is 5.75 Å². The first kappa shape index (κ1) is 18.1. The number of amides is 1. The molecular weight excluding hydrogens is 474 g/mol. The Bertz CT molecular complexity index is 980. The maximum atomic E-state index is 12.4. The Morgan fingerprint density at radius 1 is 1.12 bits per heavy atom. The van der Waals surface area contributed by atoms with Gasteiger partial charge in [-0.15, -0.1) is 0 Å². The van der Waals surface area contributed by atoms with E-state index in [4.69, 9.17) is 0 Å². The molecule has 0 bridgehead atoms. The average molecular weight is 483 g/mol. The molecule has 0 aliphatic carbocycles. The van der Waals surface area contributed by atoms with Crippen molar-refractivity contribution in [2.75, 3.05) is 10.6 Å². The van der Waals surface area contributed by atoms with Gasteiger partial charge in [0.15, 0.2) is 5.78 Å². The predicted octanol–water partition coefficient (Wildman–Crippen LogP) is 3.96. The summed E-state index contributed by atoms with van der Waals surface area (Å²) in [6.45, 7) is 0. The fourth-order valence-corrected chi connectivity index (χ4v) is 3.46. The summed E-state index contributed by atoms with van der Waals surface area (Å²) in [5, 5.41) is 25.8. The number of nitrogens with zero attached hydrogens (tertiary/aromatic N) is 1. The number of hydrogen-bond acceptors (Lipinski definition) is 6. The van der Waals surface area contributed by atoms with E-state index in [0.29, 0.717) is 14.6 Å². The highest BCUT2D eigenvalue weighted by Crippen LogP contribution is 2.34. The van der Waals surface area contributed by atoms with Crippen LogP contribution in [0.3, 0.4) is 0 Å². The lowest BCUT2D eigenvalue weighted by molar-refractivity contribution is -0.384. The highest BCUT2D eigenvalue weighted by molar-refractivity contribution is 9.11. The SMILES string of the molecule is O=C1Nc2cc([N+](=O)[O-])ccc2N/C1=C\C(=O)c1cc(Br)c(O)c(Br)c1. The minimum atomic E-state index is -0.594. The summed E-state index contributed by atoms with van der Waals surface area (Å²) in [6.07, 6.45) is 1.12. The number of carbonyl (C=O) groups excluding carboxylic acids is 2. The number of phenols is 1. The lowest BCUT2D eigenvalue weighted by atomic mass is 10.1. The largest absolute Gasteiger partial charge is 0.506 e. The Hall–Kier alpha value is -2.72. The molecule has 0 spiro atoms. The van der Waals surface area contributed by atoms with Crippen LogP contribution in [-0.4, -0.2) is 21.7 Å². The van der Waals surface area contributed by atoms with Gasteiger partial charge in [-0.1, -0.05) is 0 Å². The van der Waals surface area contributed by atoms with Gasteiger partial charge in [0.1, 0.15) is 11.4 Å². The van der Waals surface area contributed by atoms with Crippen molar-refractivity contribution in [1.29, 1.82) is 0 Å². The topological polar surface area (TPSA) is 122 Å². The molecule has 0 aromatic heterocycles. The average Bonchev–Trinajstić information content (AvgIpc) is 2.59. The highest BCUT2D eigenvalue weighted by Gasteiger charge is 2.23. The van der Waals surface area contributed by atoms with E-state index in [1.807, 2.05) is 0 Å². The van der Waals surface area contributed by atoms with E-state index in [0.717, 1.165) is 6.08 Å². The van der Waals surface area contributed by atoms with Crippen molar-refractivity contribution >= 4 is 60.6 Å². The fraction of sp³-hybridized carbons (Fsp3) is 0.